The summed E-state index contributed by atoms with van der Waals surface area (Å²) in [4.78, 5) is 22.3. The lowest BCUT2D eigenvalue weighted by atomic mass is 10.3. The summed E-state index contributed by atoms with van der Waals surface area (Å²) in [6, 6.07) is 7.57. The molecular weight excluding hydrogens is 343 g/mol. The number of amides is 1. The number of nitro benzene ring substituents is 1. The topological polar surface area (TPSA) is 90.1 Å². The number of hydrogen-bond acceptors (Lipinski definition) is 4. The molecule has 1 aromatic carbocycles. The van der Waals surface area contributed by atoms with Crippen molar-refractivity contribution < 1.29 is 9.72 Å². The summed E-state index contributed by atoms with van der Waals surface area (Å²) in [6.07, 6.45) is 0.409. The summed E-state index contributed by atoms with van der Waals surface area (Å²) in [6.45, 7) is 1.78. The Bertz CT molecular complexity index is 786. The van der Waals surface area contributed by atoms with E-state index >= 15 is 0 Å². The van der Waals surface area contributed by atoms with Gasteiger partial charge in [-0.2, -0.15) is 5.10 Å². The molecule has 1 aliphatic carbocycles. The molecule has 2 aromatic rings. The molecule has 0 radical (unpaired) electrons. The van der Waals surface area contributed by atoms with Gasteiger partial charge in [-0.15, -0.1) is 23.2 Å². The van der Waals surface area contributed by atoms with E-state index in [0.717, 1.165) is 0 Å². The van der Waals surface area contributed by atoms with E-state index < -0.39 is 15.2 Å². The number of hydrogen-bond donors (Lipinski definition) is 1. The number of aryl methyl sites for hydroxylation is 1. The molecule has 1 aromatic heterocycles. The number of aromatic nitrogens is 2. The zero-order valence-corrected chi connectivity index (χ0v) is 13.5. The zero-order chi connectivity index (χ0) is 16.8. The number of carbonyl (C=O) groups excluding carboxylic acids is 1. The molecule has 0 spiro atoms. The Labute approximate surface area is 141 Å². The first-order valence-corrected chi connectivity index (χ1v) is 7.54. The van der Waals surface area contributed by atoms with Crippen LogP contribution in [-0.4, -0.2) is 24.9 Å². The van der Waals surface area contributed by atoms with E-state index in [-0.39, 0.29) is 11.6 Å². The van der Waals surface area contributed by atoms with Crippen LogP contribution in [0.3, 0.4) is 0 Å². The first-order valence-electron chi connectivity index (χ1n) is 6.78. The number of carbonyl (C=O) groups is 1. The Hall–Kier alpha value is -2.12. The van der Waals surface area contributed by atoms with Gasteiger partial charge in [0.15, 0.2) is 0 Å². The van der Waals surface area contributed by atoms with Gasteiger partial charge in [0.05, 0.1) is 22.2 Å². The molecule has 1 N–H and O–H groups in total. The Morgan fingerprint density at radius 3 is 2.57 bits per heavy atom. The second-order valence-electron chi connectivity index (χ2n) is 5.36. The van der Waals surface area contributed by atoms with Crippen LogP contribution in [0.15, 0.2) is 30.3 Å². The minimum absolute atomic E-state index is 0.0183. The fourth-order valence-corrected chi connectivity index (χ4v) is 2.72. The smallest absolute Gasteiger partial charge is 0.269 e. The van der Waals surface area contributed by atoms with Crippen molar-refractivity contribution in [2.45, 2.75) is 17.7 Å². The SMILES string of the molecule is Cc1cc(NC(=O)C2CC2(Cl)Cl)n(-c2ccc([N+](=O)[O-])cc2)n1. The van der Waals surface area contributed by atoms with Crippen LogP contribution >= 0.6 is 23.2 Å². The van der Waals surface area contributed by atoms with E-state index in [1.54, 1.807) is 25.1 Å². The Morgan fingerprint density at radius 1 is 1.43 bits per heavy atom. The predicted octanol–water partition coefficient (Wildman–Crippen LogP) is 3.22. The van der Waals surface area contributed by atoms with Gasteiger partial charge in [-0.05, 0) is 25.5 Å². The van der Waals surface area contributed by atoms with Gasteiger partial charge in [-0.1, -0.05) is 0 Å². The molecule has 1 amide bonds. The van der Waals surface area contributed by atoms with Gasteiger partial charge >= 0.3 is 0 Å². The average molecular weight is 355 g/mol. The lowest BCUT2D eigenvalue weighted by Gasteiger charge is -2.09. The van der Waals surface area contributed by atoms with Gasteiger partial charge in [0.25, 0.3) is 5.69 Å². The quantitative estimate of drug-likeness (QED) is 0.518. The number of non-ortho nitro benzene ring substituents is 1. The van der Waals surface area contributed by atoms with E-state index in [2.05, 4.69) is 10.4 Å². The summed E-state index contributed by atoms with van der Waals surface area (Å²) in [5.41, 5.74) is 1.27. The molecule has 3 rings (SSSR count). The van der Waals surface area contributed by atoms with Crippen LogP contribution in [0, 0.1) is 23.0 Å². The third kappa shape index (κ3) is 3.16. The first kappa shape index (κ1) is 15.8. The summed E-state index contributed by atoms with van der Waals surface area (Å²) < 4.78 is 0.501. The number of nitrogens with zero attached hydrogens (tertiary/aromatic N) is 3. The maximum Gasteiger partial charge on any atom is 0.269 e. The van der Waals surface area contributed by atoms with Crippen molar-refractivity contribution in [1.82, 2.24) is 9.78 Å². The van der Waals surface area contributed by atoms with Crippen LogP contribution in [0.5, 0.6) is 0 Å². The minimum atomic E-state index is -1.00. The number of nitrogens with one attached hydrogen (secondary N) is 1. The van der Waals surface area contributed by atoms with E-state index in [1.165, 1.54) is 16.8 Å². The number of benzene rings is 1. The standard InChI is InChI=1S/C14H12Cl2N4O3/c1-8-6-12(17-13(21)11-7-14(11,15)16)19(18-8)9-2-4-10(5-3-9)20(22)23/h2-6,11H,7H2,1H3,(H,17,21). The Balaban J connectivity index is 1.86. The Morgan fingerprint density at radius 2 is 2.04 bits per heavy atom. The molecule has 1 atom stereocenters. The molecule has 1 aliphatic rings. The molecule has 7 nitrogen and oxygen atoms in total. The van der Waals surface area contributed by atoms with Crippen LogP contribution in [0.2, 0.25) is 0 Å². The highest BCUT2D eigenvalue weighted by Gasteiger charge is 2.56. The fraction of sp³-hybridized carbons (Fsp3) is 0.286. The van der Waals surface area contributed by atoms with Gasteiger partial charge in [-0.25, -0.2) is 4.68 Å². The van der Waals surface area contributed by atoms with Crippen molar-refractivity contribution in [2.24, 2.45) is 5.92 Å². The molecule has 1 heterocycles. The zero-order valence-electron chi connectivity index (χ0n) is 12.0. The van der Waals surface area contributed by atoms with Crippen LogP contribution < -0.4 is 5.32 Å². The maximum absolute atomic E-state index is 12.1. The molecule has 1 saturated carbocycles. The molecular formula is C14H12Cl2N4O3. The molecule has 0 aliphatic heterocycles. The molecule has 23 heavy (non-hydrogen) atoms. The van der Waals surface area contributed by atoms with Crippen LogP contribution in [0.1, 0.15) is 12.1 Å². The normalized spacial score (nSPS) is 18.5. The van der Waals surface area contributed by atoms with Crippen LogP contribution in [0.4, 0.5) is 11.5 Å². The second-order valence-corrected chi connectivity index (χ2v) is 6.91. The lowest BCUT2D eigenvalue weighted by Crippen LogP contribution is -2.19. The van der Waals surface area contributed by atoms with Gasteiger partial charge in [-0.3, -0.25) is 14.9 Å². The highest BCUT2D eigenvalue weighted by molar-refractivity contribution is 6.52. The lowest BCUT2D eigenvalue weighted by molar-refractivity contribution is -0.384. The van der Waals surface area contributed by atoms with Crippen molar-refractivity contribution in [2.75, 3.05) is 5.32 Å². The summed E-state index contributed by atoms with van der Waals surface area (Å²) in [5, 5.41) is 17.7. The average Bonchev–Trinajstić information content (AvgIpc) is 2.97. The summed E-state index contributed by atoms with van der Waals surface area (Å²) in [5.74, 6) is -0.276. The number of halogens is 2. The third-order valence-corrected chi connectivity index (χ3v) is 4.37. The molecule has 120 valence electrons. The van der Waals surface area contributed by atoms with Gasteiger partial charge in [0.2, 0.25) is 5.91 Å². The fourth-order valence-electron chi connectivity index (χ4n) is 2.21. The maximum atomic E-state index is 12.1. The first-order chi connectivity index (χ1) is 10.8. The van der Waals surface area contributed by atoms with Crippen LogP contribution in [-0.2, 0) is 4.79 Å². The van der Waals surface area contributed by atoms with E-state index in [9.17, 15) is 14.9 Å². The highest BCUT2D eigenvalue weighted by Crippen LogP contribution is 2.53. The second kappa shape index (κ2) is 5.50. The van der Waals surface area contributed by atoms with Crippen molar-refractivity contribution in [3.05, 3.63) is 46.1 Å². The number of anilines is 1. The van der Waals surface area contributed by atoms with Crippen molar-refractivity contribution in [3.63, 3.8) is 0 Å². The molecule has 9 heteroatoms. The highest BCUT2D eigenvalue weighted by atomic mass is 35.5. The summed E-state index contributed by atoms with van der Waals surface area (Å²) in [7, 11) is 0. The predicted molar refractivity (Wildman–Crippen MR) is 86.1 cm³/mol. The molecule has 1 fully saturated rings. The van der Waals surface area contributed by atoms with E-state index in [4.69, 9.17) is 23.2 Å². The van der Waals surface area contributed by atoms with E-state index in [1.807, 2.05) is 0 Å². The van der Waals surface area contributed by atoms with Gasteiger partial charge < -0.3 is 5.32 Å². The van der Waals surface area contributed by atoms with Crippen molar-refractivity contribution in [1.29, 1.82) is 0 Å². The molecule has 0 saturated heterocycles. The molecule has 1 unspecified atom stereocenters. The number of rotatable bonds is 4. The number of alkyl halides is 2. The minimum Gasteiger partial charge on any atom is -0.310 e. The van der Waals surface area contributed by atoms with Gasteiger partial charge in [0, 0.05) is 18.2 Å². The number of nitro groups is 1. The van der Waals surface area contributed by atoms with Crippen LogP contribution in [0.25, 0.3) is 5.69 Å². The summed E-state index contributed by atoms with van der Waals surface area (Å²) >= 11 is 11.8. The largest absolute Gasteiger partial charge is 0.310 e. The van der Waals surface area contributed by atoms with Crippen molar-refractivity contribution in [3.8, 4) is 5.69 Å². The monoisotopic (exact) mass is 354 g/mol. The van der Waals surface area contributed by atoms with Gasteiger partial charge in [0.1, 0.15) is 10.2 Å². The van der Waals surface area contributed by atoms with Crippen molar-refractivity contribution >= 4 is 40.6 Å². The Kier molecular flexibility index (Phi) is 3.77. The third-order valence-electron chi connectivity index (χ3n) is 3.53. The molecule has 0 bridgehead atoms. The van der Waals surface area contributed by atoms with E-state index in [0.29, 0.717) is 23.6 Å².